The quantitative estimate of drug-likeness (QED) is 0.785. The minimum Gasteiger partial charge on any atom is -0.492 e. The van der Waals surface area contributed by atoms with Crippen LogP contribution in [0.25, 0.3) is 0 Å². The first-order valence-corrected chi connectivity index (χ1v) is 10.0. The molecule has 0 aromatic heterocycles. The molecular formula is C19H24N2O3S. The average Bonchev–Trinajstić information content (AvgIpc) is 3.38. The van der Waals surface area contributed by atoms with E-state index in [2.05, 4.69) is 36.1 Å². The zero-order chi connectivity index (χ0) is 17.9. The number of ether oxygens (including phenoxy) is 1. The van der Waals surface area contributed by atoms with Crippen molar-refractivity contribution in [1.82, 2.24) is 4.90 Å². The molecule has 0 saturated heterocycles. The Hall–Kier alpha value is -1.89. The molecule has 6 heteroatoms. The fraction of sp³-hybridized carbons (Fsp3) is 0.368. The second-order valence-electron chi connectivity index (χ2n) is 6.56. The fourth-order valence-corrected chi connectivity index (χ4v) is 3.40. The van der Waals surface area contributed by atoms with Crippen LogP contribution in [0.2, 0.25) is 0 Å². The van der Waals surface area contributed by atoms with E-state index in [-0.39, 0.29) is 4.90 Å². The molecule has 5 nitrogen and oxygen atoms in total. The molecule has 134 valence electrons. The molecule has 0 atom stereocenters. The summed E-state index contributed by atoms with van der Waals surface area (Å²) in [5.41, 5.74) is 2.60. The molecule has 0 bridgehead atoms. The third-order valence-electron chi connectivity index (χ3n) is 4.33. The second-order valence-corrected chi connectivity index (χ2v) is 8.12. The highest BCUT2D eigenvalue weighted by atomic mass is 32.2. The highest BCUT2D eigenvalue weighted by molar-refractivity contribution is 7.89. The Bertz CT molecular complexity index is 815. The Morgan fingerprint density at radius 3 is 2.48 bits per heavy atom. The predicted octanol–water partition coefficient (Wildman–Crippen LogP) is 2.69. The predicted molar refractivity (Wildman–Crippen MR) is 97.9 cm³/mol. The molecule has 0 radical (unpaired) electrons. The first-order chi connectivity index (χ1) is 11.9. The first-order valence-electron chi connectivity index (χ1n) is 8.47. The lowest BCUT2D eigenvalue weighted by atomic mass is 10.1. The van der Waals surface area contributed by atoms with Crippen molar-refractivity contribution in [1.29, 1.82) is 0 Å². The molecule has 1 fully saturated rings. The maximum atomic E-state index is 11.3. The molecule has 0 amide bonds. The van der Waals surface area contributed by atoms with Gasteiger partial charge >= 0.3 is 0 Å². The summed E-state index contributed by atoms with van der Waals surface area (Å²) in [5, 5.41) is 5.10. The Balaban J connectivity index is 1.54. The van der Waals surface area contributed by atoms with Crippen LogP contribution in [0.4, 0.5) is 0 Å². The summed E-state index contributed by atoms with van der Waals surface area (Å²) in [5.74, 6) is 0.652. The summed E-state index contributed by atoms with van der Waals surface area (Å²) >= 11 is 0. The zero-order valence-electron chi connectivity index (χ0n) is 14.4. The molecule has 1 saturated carbocycles. The van der Waals surface area contributed by atoms with Crippen molar-refractivity contribution in [3.05, 3.63) is 59.7 Å². The van der Waals surface area contributed by atoms with Gasteiger partial charge in [0, 0.05) is 19.1 Å². The van der Waals surface area contributed by atoms with E-state index in [0.29, 0.717) is 18.4 Å². The number of nitrogens with zero attached hydrogens (tertiary/aromatic N) is 1. The third kappa shape index (κ3) is 5.29. The molecular weight excluding hydrogens is 336 g/mol. The zero-order valence-corrected chi connectivity index (χ0v) is 15.2. The highest BCUT2D eigenvalue weighted by Crippen LogP contribution is 2.28. The molecule has 2 aromatic rings. The lowest BCUT2D eigenvalue weighted by molar-refractivity contribution is 0.195. The van der Waals surface area contributed by atoms with Gasteiger partial charge in [0.1, 0.15) is 12.4 Å². The van der Waals surface area contributed by atoms with Crippen LogP contribution in [0, 0.1) is 6.92 Å². The summed E-state index contributed by atoms with van der Waals surface area (Å²) in [6.07, 6.45) is 2.49. The van der Waals surface area contributed by atoms with Crippen molar-refractivity contribution in [2.45, 2.75) is 37.2 Å². The number of sulfonamides is 1. The van der Waals surface area contributed by atoms with E-state index in [1.54, 1.807) is 12.1 Å². The van der Waals surface area contributed by atoms with Crippen LogP contribution in [0.1, 0.15) is 24.0 Å². The molecule has 0 heterocycles. The van der Waals surface area contributed by atoms with E-state index in [0.717, 1.165) is 13.1 Å². The summed E-state index contributed by atoms with van der Waals surface area (Å²) in [4.78, 5) is 2.55. The molecule has 0 aliphatic heterocycles. The SMILES string of the molecule is Cc1cccc(CN(CCOc2ccc(S(N)(=O)=O)cc2)C2CC2)c1. The van der Waals surface area contributed by atoms with Crippen molar-refractivity contribution in [2.75, 3.05) is 13.2 Å². The van der Waals surface area contributed by atoms with Gasteiger partial charge in [0.25, 0.3) is 0 Å². The van der Waals surface area contributed by atoms with E-state index < -0.39 is 10.0 Å². The van der Waals surface area contributed by atoms with Crippen LogP contribution < -0.4 is 9.88 Å². The van der Waals surface area contributed by atoms with Crippen molar-refractivity contribution in [3.8, 4) is 5.75 Å². The number of aryl methyl sites for hydroxylation is 1. The van der Waals surface area contributed by atoms with Crippen LogP contribution in [0.3, 0.4) is 0 Å². The molecule has 2 N–H and O–H groups in total. The molecule has 1 aliphatic carbocycles. The van der Waals surface area contributed by atoms with E-state index in [1.165, 1.54) is 36.1 Å². The van der Waals surface area contributed by atoms with Crippen LogP contribution >= 0.6 is 0 Å². The van der Waals surface area contributed by atoms with Gasteiger partial charge in [-0.05, 0) is 49.6 Å². The van der Waals surface area contributed by atoms with Crippen molar-refractivity contribution in [3.63, 3.8) is 0 Å². The number of nitrogens with two attached hydrogens (primary N) is 1. The monoisotopic (exact) mass is 360 g/mol. The van der Waals surface area contributed by atoms with E-state index in [4.69, 9.17) is 9.88 Å². The normalized spacial score (nSPS) is 14.7. The van der Waals surface area contributed by atoms with Gasteiger partial charge in [0.15, 0.2) is 0 Å². The lowest BCUT2D eigenvalue weighted by Gasteiger charge is -2.22. The van der Waals surface area contributed by atoms with Crippen molar-refractivity contribution in [2.24, 2.45) is 5.14 Å². The Labute approximate surface area is 149 Å². The van der Waals surface area contributed by atoms with Crippen molar-refractivity contribution < 1.29 is 13.2 Å². The summed E-state index contributed by atoms with van der Waals surface area (Å²) in [6, 6.07) is 15.5. The number of hydrogen-bond donors (Lipinski definition) is 1. The fourth-order valence-electron chi connectivity index (χ4n) is 2.88. The van der Waals surface area contributed by atoms with Gasteiger partial charge in [-0.1, -0.05) is 29.8 Å². The van der Waals surface area contributed by atoms with E-state index >= 15 is 0 Å². The molecule has 0 spiro atoms. The second kappa shape index (κ2) is 7.56. The van der Waals surface area contributed by atoms with Gasteiger partial charge in [-0.25, -0.2) is 13.6 Å². The maximum Gasteiger partial charge on any atom is 0.238 e. The standard InChI is InChI=1S/C19H24N2O3S/c1-15-3-2-4-16(13-15)14-21(17-5-6-17)11-12-24-18-7-9-19(10-8-18)25(20,22)23/h2-4,7-10,13,17H,5-6,11-12,14H2,1H3,(H2,20,22,23). The minimum atomic E-state index is -3.66. The number of rotatable bonds is 8. The molecule has 1 aliphatic rings. The summed E-state index contributed by atoms with van der Waals surface area (Å²) in [6.45, 7) is 4.45. The van der Waals surface area contributed by atoms with Gasteiger partial charge in [0.2, 0.25) is 10.0 Å². The first kappa shape index (κ1) is 17.9. The summed E-state index contributed by atoms with van der Waals surface area (Å²) < 4.78 is 28.3. The smallest absolute Gasteiger partial charge is 0.238 e. The largest absolute Gasteiger partial charge is 0.492 e. The average molecular weight is 360 g/mol. The van der Waals surface area contributed by atoms with Gasteiger partial charge in [-0.3, -0.25) is 4.90 Å². The van der Waals surface area contributed by atoms with E-state index in [1.807, 2.05) is 0 Å². The Morgan fingerprint density at radius 2 is 1.88 bits per heavy atom. The number of hydrogen-bond acceptors (Lipinski definition) is 4. The Morgan fingerprint density at radius 1 is 1.16 bits per heavy atom. The van der Waals surface area contributed by atoms with Gasteiger partial charge < -0.3 is 4.74 Å². The molecule has 3 rings (SSSR count). The van der Waals surface area contributed by atoms with Gasteiger partial charge in [-0.15, -0.1) is 0 Å². The summed E-state index contributed by atoms with van der Waals surface area (Å²) in [7, 11) is -3.66. The molecule has 25 heavy (non-hydrogen) atoms. The number of benzene rings is 2. The van der Waals surface area contributed by atoms with Crippen LogP contribution in [0.5, 0.6) is 5.75 Å². The van der Waals surface area contributed by atoms with Crippen LogP contribution in [-0.2, 0) is 16.6 Å². The maximum absolute atomic E-state index is 11.3. The van der Waals surface area contributed by atoms with Gasteiger partial charge in [-0.2, -0.15) is 0 Å². The van der Waals surface area contributed by atoms with Crippen LogP contribution in [-0.4, -0.2) is 32.5 Å². The van der Waals surface area contributed by atoms with E-state index in [9.17, 15) is 8.42 Å². The van der Waals surface area contributed by atoms with Gasteiger partial charge in [0.05, 0.1) is 4.90 Å². The lowest BCUT2D eigenvalue weighted by Crippen LogP contribution is -2.30. The molecule has 0 unspecified atom stereocenters. The third-order valence-corrected chi connectivity index (χ3v) is 5.26. The highest BCUT2D eigenvalue weighted by Gasteiger charge is 2.28. The topological polar surface area (TPSA) is 72.6 Å². The molecule has 2 aromatic carbocycles. The minimum absolute atomic E-state index is 0.0962. The number of primary sulfonamides is 1. The Kier molecular flexibility index (Phi) is 5.42. The van der Waals surface area contributed by atoms with Crippen molar-refractivity contribution >= 4 is 10.0 Å². The van der Waals surface area contributed by atoms with Crippen LogP contribution in [0.15, 0.2) is 53.4 Å².